The number of pyridine rings is 1. The zero-order chi connectivity index (χ0) is 12.7. The van der Waals surface area contributed by atoms with Crippen molar-refractivity contribution in [2.75, 3.05) is 12.3 Å². The van der Waals surface area contributed by atoms with E-state index in [1.165, 1.54) is 10.8 Å². The average Bonchev–Trinajstić information content (AvgIpc) is 2.28. The molecule has 0 spiro atoms. The van der Waals surface area contributed by atoms with Gasteiger partial charge >= 0.3 is 0 Å². The number of sulfonamides is 1. The van der Waals surface area contributed by atoms with Crippen molar-refractivity contribution >= 4 is 20.8 Å². The molecule has 0 aliphatic heterocycles. The zero-order valence-electron chi connectivity index (χ0n) is 9.28. The monoisotopic (exact) mass is 253 g/mol. The smallest absolute Gasteiger partial charge is 0.210 e. The van der Waals surface area contributed by atoms with Crippen LogP contribution in [0.5, 0.6) is 0 Å². The second-order valence-corrected chi connectivity index (χ2v) is 5.11. The topological polar surface area (TPSA) is 99.1 Å². The lowest BCUT2D eigenvalue weighted by Gasteiger charge is -1.91. The number of nitrogens with two attached hydrogens (primary N) is 2. The minimum absolute atomic E-state index is 0.0961. The summed E-state index contributed by atoms with van der Waals surface area (Å²) in [5, 5.41) is 6.98. The fourth-order valence-electron chi connectivity index (χ4n) is 1.19. The third-order valence-corrected chi connectivity index (χ3v) is 2.76. The van der Waals surface area contributed by atoms with Gasteiger partial charge in [-0.15, -0.1) is 0 Å². The van der Waals surface area contributed by atoms with Gasteiger partial charge in [0.05, 0.1) is 5.75 Å². The van der Waals surface area contributed by atoms with Crippen molar-refractivity contribution in [1.82, 2.24) is 4.98 Å². The van der Waals surface area contributed by atoms with Crippen LogP contribution in [0.4, 0.5) is 0 Å². The molecule has 0 radical (unpaired) electrons. The van der Waals surface area contributed by atoms with Crippen molar-refractivity contribution in [3.63, 3.8) is 0 Å². The van der Waals surface area contributed by atoms with Crippen LogP contribution in [0, 0.1) is 0 Å². The van der Waals surface area contributed by atoms with Gasteiger partial charge in [-0.1, -0.05) is 24.3 Å². The van der Waals surface area contributed by atoms with Crippen molar-refractivity contribution < 1.29 is 8.42 Å². The highest BCUT2D eigenvalue weighted by Gasteiger charge is 1.96. The van der Waals surface area contributed by atoms with Gasteiger partial charge in [-0.25, -0.2) is 13.6 Å². The third kappa shape index (κ3) is 5.39. The molecular formula is C11H15N3O2S. The molecule has 0 fully saturated rings. The van der Waals surface area contributed by atoms with Crippen molar-refractivity contribution in [1.29, 1.82) is 0 Å². The van der Waals surface area contributed by atoms with Crippen LogP contribution in [0.1, 0.15) is 0 Å². The normalized spacial score (nSPS) is 10.7. The highest BCUT2D eigenvalue weighted by Crippen LogP contribution is 2.09. The maximum atomic E-state index is 9.93. The van der Waals surface area contributed by atoms with Gasteiger partial charge in [-0.3, -0.25) is 4.98 Å². The summed E-state index contributed by atoms with van der Waals surface area (Å²) in [6.07, 6.45) is 3.68. The number of hydrogen-bond donors (Lipinski definition) is 2. The molecule has 0 aliphatic carbocycles. The Labute approximate surface area is 101 Å². The van der Waals surface area contributed by atoms with Gasteiger partial charge in [0.1, 0.15) is 0 Å². The number of primary sulfonamides is 1. The van der Waals surface area contributed by atoms with Crippen LogP contribution in [0.15, 0.2) is 42.7 Å². The zero-order valence-corrected chi connectivity index (χ0v) is 10.1. The number of rotatable bonds is 2. The highest BCUT2D eigenvalue weighted by atomic mass is 32.2. The van der Waals surface area contributed by atoms with Crippen molar-refractivity contribution in [3.8, 4) is 0 Å². The van der Waals surface area contributed by atoms with E-state index in [-0.39, 0.29) is 12.3 Å². The summed E-state index contributed by atoms with van der Waals surface area (Å²) in [6.45, 7) is 0.0961. The number of nitrogens with zero attached hydrogens (tertiary/aromatic N) is 1. The second kappa shape index (κ2) is 6.29. The summed E-state index contributed by atoms with van der Waals surface area (Å²) in [6, 6.07) is 10.2. The van der Waals surface area contributed by atoms with E-state index in [0.717, 1.165) is 0 Å². The van der Waals surface area contributed by atoms with Crippen molar-refractivity contribution in [2.24, 2.45) is 10.9 Å². The van der Waals surface area contributed by atoms with Gasteiger partial charge in [0.25, 0.3) is 0 Å². The molecule has 1 aromatic heterocycles. The quantitative estimate of drug-likeness (QED) is 0.812. The van der Waals surface area contributed by atoms with Crippen LogP contribution in [0.2, 0.25) is 0 Å². The molecule has 2 rings (SSSR count). The molecule has 2 aromatic rings. The van der Waals surface area contributed by atoms with Crippen LogP contribution < -0.4 is 10.9 Å². The number of benzene rings is 1. The molecule has 0 unspecified atom stereocenters. The van der Waals surface area contributed by atoms with Gasteiger partial charge in [0.2, 0.25) is 10.0 Å². The first-order chi connectivity index (χ1) is 8.03. The molecule has 6 heteroatoms. The summed E-state index contributed by atoms with van der Waals surface area (Å²) in [5.74, 6) is -0.132. The Kier molecular flexibility index (Phi) is 5.02. The average molecular weight is 253 g/mol. The molecule has 0 saturated carbocycles. The summed E-state index contributed by atoms with van der Waals surface area (Å²) >= 11 is 0. The number of hydrogen-bond acceptors (Lipinski definition) is 4. The predicted octanol–water partition coefficient (Wildman–Crippen LogP) is 0.468. The summed E-state index contributed by atoms with van der Waals surface area (Å²) in [5.41, 5.74) is 4.86. The Hall–Kier alpha value is -1.50. The molecular weight excluding hydrogens is 238 g/mol. The summed E-state index contributed by atoms with van der Waals surface area (Å²) in [4.78, 5) is 4.01. The summed E-state index contributed by atoms with van der Waals surface area (Å²) in [7, 11) is -3.30. The first kappa shape index (κ1) is 13.6. The van der Waals surface area contributed by atoms with Crippen LogP contribution in [-0.4, -0.2) is 25.7 Å². The van der Waals surface area contributed by atoms with E-state index < -0.39 is 10.0 Å². The van der Waals surface area contributed by atoms with Gasteiger partial charge in [0, 0.05) is 18.9 Å². The van der Waals surface area contributed by atoms with Gasteiger partial charge in [-0.05, 0) is 16.8 Å². The fraction of sp³-hybridized carbons (Fsp3) is 0.182. The number of fused-ring (bicyclic) bond motifs is 1. The van der Waals surface area contributed by atoms with Gasteiger partial charge in [-0.2, -0.15) is 0 Å². The molecule has 92 valence electrons. The van der Waals surface area contributed by atoms with E-state index in [9.17, 15) is 8.42 Å². The molecule has 0 atom stereocenters. The second-order valence-electron chi connectivity index (χ2n) is 3.38. The van der Waals surface area contributed by atoms with Gasteiger partial charge < -0.3 is 5.73 Å². The molecule has 1 heterocycles. The molecule has 0 bridgehead atoms. The Morgan fingerprint density at radius 3 is 2.24 bits per heavy atom. The lowest BCUT2D eigenvalue weighted by atomic mass is 10.2. The maximum absolute atomic E-state index is 9.93. The SMILES string of the molecule is NCCS(N)(=O)=O.c1ccc2cnccc2c1. The maximum Gasteiger partial charge on any atom is 0.210 e. The number of aromatic nitrogens is 1. The standard InChI is InChI=1S/C9H7N.C2H8N2O2S/c1-2-4-9-7-10-6-5-8(9)3-1;3-1-2-7(4,5)6/h1-7H;1-3H2,(H2,4,5,6). The Morgan fingerprint density at radius 1 is 1.12 bits per heavy atom. The van der Waals surface area contributed by atoms with Gasteiger partial charge in [0.15, 0.2) is 0 Å². The van der Waals surface area contributed by atoms with Crippen LogP contribution in [0.3, 0.4) is 0 Å². The van der Waals surface area contributed by atoms with Crippen LogP contribution >= 0.6 is 0 Å². The molecule has 4 N–H and O–H groups in total. The van der Waals surface area contributed by atoms with E-state index in [0.29, 0.717) is 0 Å². The van der Waals surface area contributed by atoms with E-state index in [1.807, 2.05) is 30.6 Å². The highest BCUT2D eigenvalue weighted by molar-refractivity contribution is 7.89. The Bertz CT molecular complexity index is 504. The van der Waals surface area contributed by atoms with Crippen molar-refractivity contribution in [2.45, 2.75) is 0 Å². The predicted molar refractivity (Wildman–Crippen MR) is 68.8 cm³/mol. The minimum atomic E-state index is -3.30. The molecule has 0 aliphatic rings. The Morgan fingerprint density at radius 2 is 1.76 bits per heavy atom. The molecule has 5 nitrogen and oxygen atoms in total. The molecule has 1 aromatic carbocycles. The van der Waals surface area contributed by atoms with Crippen LogP contribution in [0.25, 0.3) is 10.8 Å². The van der Waals surface area contributed by atoms with E-state index in [1.54, 1.807) is 0 Å². The first-order valence-electron chi connectivity index (χ1n) is 5.02. The lowest BCUT2D eigenvalue weighted by Crippen LogP contribution is -2.22. The molecule has 0 saturated heterocycles. The molecule has 17 heavy (non-hydrogen) atoms. The summed E-state index contributed by atoms with van der Waals surface area (Å²) < 4.78 is 19.9. The largest absolute Gasteiger partial charge is 0.329 e. The van der Waals surface area contributed by atoms with E-state index >= 15 is 0 Å². The van der Waals surface area contributed by atoms with Crippen LogP contribution in [-0.2, 0) is 10.0 Å². The van der Waals surface area contributed by atoms with E-state index in [4.69, 9.17) is 5.73 Å². The third-order valence-electron chi connectivity index (χ3n) is 1.95. The first-order valence-corrected chi connectivity index (χ1v) is 6.74. The molecule has 0 amide bonds. The van der Waals surface area contributed by atoms with E-state index in [2.05, 4.69) is 22.3 Å². The Balaban J connectivity index is 0.000000185. The minimum Gasteiger partial charge on any atom is -0.329 e. The lowest BCUT2D eigenvalue weighted by molar-refractivity contribution is 0.597. The fourth-order valence-corrected chi connectivity index (χ4v) is 1.52. The van der Waals surface area contributed by atoms with Crippen molar-refractivity contribution in [3.05, 3.63) is 42.7 Å².